The Labute approximate surface area is 115 Å². The van der Waals surface area contributed by atoms with Crippen LogP contribution in [0.15, 0.2) is 46.3 Å². The fraction of sp³-hybridized carbons (Fsp3) is 0.143. The van der Waals surface area contributed by atoms with E-state index in [1.807, 2.05) is 41.8 Å². The van der Waals surface area contributed by atoms with Crippen molar-refractivity contribution in [1.29, 1.82) is 5.26 Å². The molecular formula is C14H12N2O2S. The SMILES string of the molecule is CCOC(=O)/C(C#N)=C1\NC(c2ccccc2)=CS1. The van der Waals surface area contributed by atoms with Crippen LogP contribution in [0.4, 0.5) is 0 Å². The minimum absolute atomic E-state index is 0.00836. The van der Waals surface area contributed by atoms with E-state index in [9.17, 15) is 4.79 Å². The van der Waals surface area contributed by atoms with Crippen molar-refractivity contribution >= 4 is 23.4 Å². The summed E-state index contributed by atoms with van der Waals surface area (Å²) in [7, 11) is 0. The Morgan fingerprint density at radius 1 is 1.42 bits per heavy atom. The van der Waals surface area contributed by atoms with Crippen LogP contribution in [0, 0.1) is 11.3 Å². The maximum Gasteiger partial charge on any atom is 0.351 e. The third-order valence-corrected chi connectivity index (χ3v) is 3.34. The lowest BCUT2D eigenvalue weighted by Gasteiger charge is -2.06. The summed E-state index contributed by atoms with van der Waals surface area (Å²) >= 11 is 1.32. The second-order valence-corrected chi connectivity index (χ2v) is 4.56. The number of nitrogens with zero attached hydrogens (tertiary/aromatic N) is 1. The van der Waals surface area contributed by atoms with Crippen LogP contribution >= 0.6 is 11.8 Å². The molecule has 1 aromatic carbocycles. The molecule has 1 aliphatic heterocycles. The molecule has 0 saturated heterocycles. The molecule has 0 bridgehead atoms. The number of ether oxygens (including phenoxy) is 1. The Morgan fingerprint density at radius 3 is 2.79 bits per heavy atom. The van der Waals surface area contributed by atoms with Crippen LogP contribution in [0.3, 0.4) is 0 Å². The first-order chi connectivity index (χ1) is 9.26. The van der Waals surface area contributed by atoms with E-state index in [-0.39, 0.29) is 12.2 Å². The van der Waals surface area contributed by atoms with Gasteiger partial charge in [-0.3, -0.25) is 0 Å². The third kappa shape index (κ3) is 2.98. The van der Waals surface area contributed by atoms with Crippen LogP contribution in [-0.4, -0.2) is 12.6 Å². The molecule has 96 valence electrons. The van der Waals surface area contributed by atoms with Gasteiger partial charge in [0.1, 0.15) is 11.1 Å². The number of nitrogens with one attached hydrogen (secondary N) is 1. The lowest BCUT2D eigenvalue weighted by atomic mass is 10.2. The number of carbonyl (C=O) groups excluding carboxylic acids is 1. The topological polar surface area (TPSA) is 62.1 Å². The van der Waals surface area contributed by atoms with Crippen LogP contribution in [0.25, 0.3) is 5.70 Å². The van der Waals surface area contributed by atoms with Crippen molar-refractivity contribution < 1.29 is 9.53 Å². The summed E-state index contributed by atoms with van der Waals surface area (Å²) in [6, 6.07) is 11.6. The van der Waals surface area contributed by atoms with Crippen LogP contribution in [0.2, 0.25) is 0 Å². The predicted octanol–water partition coefficient (Wildman–Crippen LogP) is 2.62. The Bertz CT molecular complexity index is 585. The van der Waals surface area contributed by atoms with Crippen molar-refractivity contribution in [2.24, 2.45) is 0 Å². The first-order valence-electron chi connectivity index (χ1n) is 5.77. The Kier molecular flexibility index (Phi) is 4.26. The Hall–Kier alpha value is -2.19. The maximum atomic E-state index is 11.6. The smallest absolute Gasteiger partial charge is 0.351 e. The zero-order valence-corrected chi connectivity index (χ0v) is 11.2. The molecule has 0 amide bonds. The van der Waals surface area contributed by atoms with Gasteiger partial charge in [-0.25, -0.2) is 4.79 Å². The normalized spacial score (nSPS) is 16.1. The summed E-state index contributed by atoms with van der Waals surface area (Å²) in [5.74, 6) is -0.595. The number of hydrogen-bond acceptors (Lipinski definition) is 5. The molecule has 0 unspecified atom stereocenters. The minimum Gasteiger partial charge on any atom is -0.462 e. The number of nitriles is 1. The van der Waals surface area contributed by atoms with Crippen LogP contribution in [-0.2, 0) is 9.53 Å². The summed E-state index contributed by atoms with van der Waals surface area (Å²) in [6.07, 6.45) is 0. The number of thioether (sulfide) groups is 1. The van der Waals surface area contributed by atoms with Gasteiger partial charge in [0.2, 0.25) is 0 Å². The maximum absolute atomic E-state index is 11.6. The van der Waals surface area contributed by atoms with E-state index in [2.05, 4.69) is 5.32 Å². The van der Waals surface area contributed by atoms with Crippen LogP contribution < -0.4 is 5.32 Å². The molecule has 1 heterocycles. The monoisotopic (exact) mass is 272 g/mol. The van der Waals surface area contributed by atoms with Gasteiger partial charge in [-0.05, 0) is 12.5 Å². The molecular weight excluding hydrogens is 260 g/mol. The van der Waals surface area contributed by atoms with Crippen molar-refractivity contribution in [3.05, 3.63) is 51.9 Å². The average molecular weight is 272 g/mol. The lowest BCUT2D eigenvalue weighted by Crippen LogP contribution is -2.13. The summed E-state index contributed by atoms with van der Waals surface area (Å²) < 4.78 is 4.85. The first-order valence-corrected chi connectivity index (χ1v) is 6.65. The summed E-state index contributed by atoms with van der Waals surface area (Å²) in [6.45, 7) is 1.96. The van der Waals surface area contributed by atoms with Crippen molar-refractivity contribution in [2.75, 3.05) is 6.61 Å². The van der Waals surface area contributed by atoms with E-state index in [1.54, 1.807) is 6.92 Å². The van der Waals surface area contributed by atoms with E-state index in [0.717, 1.165) is 11.3 Å². The van der Waals surface area contributed by atoms with Gasteiger partial charge >= 0.3 is 5.97 Å². The molecule has 0 atom stereocenters. The van der Waals surface area contributed by atoms with Gasteiger partial charge in [-0.1, -0.05) is 42.1 Å². The average Bonchev–Trinajstić information content (AvgIpc) is 2.90. The van der Waals surface area contributed by atoms with Crippen molar-refractivity contribution in [2.45, 2.75) is 6.92 Å². The fourth-order valence-corrected chi connectivity index (χ4v) is 2.42. The standard InChI is InChI=1S/C14H12N2O2S/c1-2-18-14(17)11(8-15)13-16-12(9-19-13)10-6-4-3-5-7-10/h3-7,9,16H,2H2,1H3/b13-11+. The van der Waals surface area contributed by atoms with Crippen molar-refractivity contribution in [1.82, 2.24) is 5.32 Å². The highest BCUT2D eigenvalue weighted by Gasteiger charge is 2.21. The van der Waals surface area contributed by atoms with Gasteiger partial charge in [0.15, 0.2) is 5.57 Å². The number of carbonyl (C=O) groups is 1. The first kappa shape index (κ1) is 13.2. The van der Waals surface area contributed by atoms with E-state index in [1.165, 1.54) is 11.8 Å². The van der Waals surface area contributed by atoms with Gasteiger partial charge in [-0.2, -0.15) is 5.26 Å². The van der Waals surface area contributed by atoms with Crippen molar-refractivity contribution in [3.8, 4) is 6.07 Å². The molecule has 1 aromatic rings. The van der Waals surface area contributed by atoms with Gasteiger partial charge in [0.05, 0.1) is 12.3 Å². The lowest BCUT2D eigenvalue weighted by molar-refractivity contribution is -0.138. The molecule has 0 spiro atoms. The number of hydrogen-bond donors (Lipinski definition) is 1. The summed E-state index contributed by atoms with van der Waals surface area (Å²) in [4.78, 5) is 11.6. The highest BCUT2D eigenvalue weighted by Crippen LogP contribution is 2.32. The zero-order valence-electron chi connectivity index (χ0n) is 10.3. The molecule has 0 fully saturated rings. The molecule has 0 saturated carbocycles. The van der Waals surface area contributed by atoms with Gasteiger partial charge < -0.3 is 10.1 Å². The minimum atomic E-state index is -0.595. The predicted molar refractivity (Wildman–Crippen MR) is 74.4 cm³/mol. The summed E-state index contributed by atoms with van der Waals surface area (Å²) in [5, 5.41) is 14.5. The van der Waals surface area contributed by atoms with E-state index >= 15 is 0 Å². The molecule has 4 nitrogen and oxygen atoms in total. The zero-order chi connectivity index (χ0) is 13.7. The molecule has 1 aliphatic rings. The highest BCUT2D eigenvalue weighted by atomic mass is 32.2. The van der Waals surface area contributed by atoms with Gasteiger partial charge in [0, 0.05) is 5.41 Å². The van der Waals surface area contributed by atoms with E-state index in [4.69, 9.17) is 10.00 Å². The van der Waals surface area contributed by atoms with Crippen LogP contribution in [0.5, 0.6) is 0 Å². The molecule has 2 rings (SSSR count). The second-order valence-electron chi connectivity index (χ2n) is 3.68. The molecule has 0 aromatic heterocycles. The number of benzene rings is 1. The Morgan fingerprint density at radius 2 is 2.16 bits per heavy atom. The molecule has 5 heteroatoms. The largest absolute Gasteiger partial charge is 0.462 e. The second kappa shape index (κ2) is 6.12. The fourth-order valence-electron chi connectivity index (χ4n) is 1.57. The molecule has 19 heavy (non-hydrogen) atoms. The number of esters is 1. The molecule has 0 radical (unpaired) electrons. The summed E-state index contributed by atoms with van der Waals surface area (Å²) in [5.41, 5.74) is 1.89. The quantitative estimate of drug-likeness (QED) is 0.520. The molecule has 1 N–H and O–H groups in total. The molecule has 0 aliphatic carbocycles. The van der Waals surface area contributed by atoms with Gasteiger partial charge in [0.25, 0.3) is 0 Å². The van der Waals surface area contributed by atoms with Crippen LogP contribution in [0.1, 0.15) is 12.5 Å². The third-order valence-electron chi connectivity index (χ3n) is 2.45. The van der Waals surface area contributed by atoms with Crippen molar-refractivity contribution in [3.63, 3.8) is 0 Å². The van der Waals surface area contributed by atoms with Gasteiger partial charge in [-0.15, -0.1) is 0 Å². The Balaban J connectivity index is 2.20. The van der Waals surface area contributed by atoms with E-state index < -0.39 is 5.97 Å². The van der Waals surface area contributed by atoms with E-state index in [0.29, 0.717) is 5.03 Å². The highest BCUT2D eigenvalue weighted by molar-refractivity contribution is 8.06. The number of rotatable bonds is 3.